The minimum absolute atomic E-state index is 0.300. The fraction of sp³-hybridized carbons (Fsp3) is 0.333. The van der Waals surface area contributed by atoms with Crippen LogP contribution in [0.25, 0.3) is 11.0 Å². The summed E-state index contributed by atoms with van der Waals surface area (Å²) in [6, 6.07) is 11.5. The molecule has 5 nitrogen and oxygen atoms in total. The average Bonchev–Trinajstić information content (AvgIpc) is 3.08. The number of para-hydroxylation sites is 1. The van der Waals surface area contributed by atoms with Gasteiger partial charge in [0.2, 0.25) is 5.95 Å². The molecule has 0 radical (unpaired) electrons. The Morgan fingerprint density at radius 3 is 2.68 bits per heavy atom. The first-order chi connectivity index (χ1) is 13.5. The van der Waals surface area contributed by atoms with Crippen LogP contribution in [0.1, 0.15) is 38.4 Å². The lowest BCUT2D eigenvalue weighted by molar-refractivity contribution is -0.146. The number of hydrogen-bond donors (Lipinski definition) is 0. The summed E-state index contributed by atoms with van der Waals surface area (Å²) in [5, 5.41) is 1.26. The largest absolute Gasteiger partial charge is 0.458 e. The Morgan fingerprint density at radius 1 is 1.18 bits per heavy atom. The van der Waals surface area contributed by atoms with E-state index >= 15 is 0 Å². The van der Waals surface area contributed by atoms with Crippen LogP contribution in [0.2, 0.25) is 10.0 Å². The van der Waals surface area contributed by atoms with Crippen molar-refractivity contribution in [1.82, 2.24) is 9.55 Å². The van der Waals surface area contributed by atoms with E-state index in [1.54, 1.807) is 0 Å². The number of hydrogen-bond acceptors (Lipinski definition) is 4. The number of carbonyl (C=O) groups excluding carboxylic acids is 1. The summed E-state index contributed by atoms with van der Waals surface area (Å²) in [6.45, 7) is 5.07. The molecule has 0 fully saturated rings. The van der Waals surface area contributed by atoms with Crippen LogP contribution >= 0.6 is 23.2 Å². The van der Waals surface area contributed by atoms with E-state index in [4.69, 9.17) is 32.9 Å². The number of imidazole rings is 1. The molecule has 2 aromatic carbocycles. The second-order valence-electron chi connectivity index (χ2n) is 6.86. The fourth-order valence-corrected chi connectivity index (χ4v) is 4.28. The van der Waals surface area contributed by atoms with Crippen molar-refractivity contribution >= 4 is 51.8 Å². The monoisotopic (exact) mass is 417 g/mol. The molecule has 1 unspecified atom stereocenters. The normalized spacial score (nSPS) is 14.8. The van der Waals surface area contributed by atoms with Crippen LogP contribution in [0, 0.1) is 0 Å². The Labute approximate surface area is 173 Å². The van der Waals surface area contributed by atoms with E-state index in [9.17, 15) is 4.79 Å². The van der Waals surface area contributed by atoms with Crippen LogP contribution in [0.15, 0.2) is 36.4 Å². The molecule has 0 aliphatic carbocycles. The van der Waals surface area contributed by atoms with E-state index < -0.39 is 0 Å². The number of anilines is 2. The Morgan fingerprint density at radius 2 is 1.96 bits per heavy atom. The fourth-order valence-electron chi connectivity index (χ4n) is 3.85. The molecule has 0 bridgehead atoms. The smallest absolute Gasteiger partial charge is 0.303 e. The maximum Gasteiger partial charge on any atom is 0.303 e. The molecule has 1 aliphatic rings. The third kappa shape index (κ3) is 3.23. The molecule has 146 valence electrons. The highest BCUT2D eigenvalue weighted by molar-refractivity contribution is 6.35. The summed E-state index contributed by atoms with van der Waals surface area (Å²) in [5.74, 6) is 0.507. The Balaban J connectivity index is 1.92. The zero-order valence-electron chi connectivity index (χ0n) is 15.8. The van der Waals surface area contributed by atoms with Crippen molar-refractivity contribution in [2.24, 2.45) is 0 Å². The second-order valence-corrected chi connectivity index (χ2v) is 7.67. The first-order valence-corrected chi connectivity index (χ1v) is 10.1. The second kappa shape index (κ2) is 7.64. The molecular weight excluding hydrogens is 397 g/mol. The van der Waals surface area contributed by atoms with Gasteiger partial charge in [-0.15, -0.1) is 0 Å². The summed E-state index contributed by atoms with van der Waals surface area (Å²) in [6.07, 6.45) is 1.28. The van der Waals surface area contributed by atoms with E-state index in [0.717, 1.165) is 47.7 Å². The van der Waals surface area contributed by atoms with Gasteiger partial charge in [0.15, 0.2) is 0 Å². The lowest BCUT2D eigenvalue weighted by Crippen LogP contribution is -2.28. The van der Waals surface area contributed by atoms with Gasteiger partial charge in [0.25, 0.3) is 0 Å². The number of halogens is 2. The van der Waals surface area contributed by atoms with E-state index in [0.29, 0.717) is 16.5 Å². The van der Waals surface area contributed by atoms with Crippen LogP contribution < -0.4 is 4.90 Å². The van der Waals surface area contributed by atoms with Gasteiger partial charge in [-0.05, 0) is 31.0 Å². The molecule has 0 amide bonds. The predicted octanol–water partition coefficient (Wildman–Crippen LogP) is 5.90. The first-order valence-electron chi connectivity index (χ1n) is 9.39. The average molecular weight is 418 g/mol. The molecule has 2 heterocycles. The summed E-state index contributed by atoms with van der Waals surface area (Å²) in [4.78, 5) is 18.6. The van der Waals surface area contributed by atoms with Gasteiger partial charge in [-0.1, -0.05) is 48.3 Å². The van der Waals surface area contributed by atoms with Crippen molar-refractivity contribution in [3.8, 4) is 0 Å². The van der Waals surface area contributed by atoms with Crippen LogP contribution in [-0.4, -0.2) is 22.1 Å². The van der Waals surface area contributed by atoms with E-state index in [2.05, 4.69) is 9.47 Å². The summed E-state index contributed by atoms with van der Waals surface area (Å²) < 4.78 is 7.73. The maximum absolute atomic E-state index is 11.6. The molecule has 4 rings (SSSR count). The number of benzene rings is 2. The standard InChI is InChI=1S/C21H21Cl2N3O2/c1-3-18(28-13(2)27)14-9-10-16(23)19-20(14)26-12-6-11-25(21(26)24-19)17-8-5-4-7-15(17)22/h4-5,7-10,18H,3,6,11-12H2,1-2H3. The lowest BCUT2D eigenvalue weighted by Gasteiger charge is -2.30. The van der Waals surface area contributed by atoms with Crippen molar-refractivity contribution in [2.45, 2.75) is 39.3 Å². The number of esters is 1. The quantitative estimate of drug-likeness (QED) is 0.495. The minimum atomic E-state index is -0.339. The van der Waals surface area contributed by atoms with Crippen molar-refractivity contribution in [3.63, 3.8) is 0 Å². The van der Waals surface area contributed by atoms with Gasteiger partial charge < -0.3 is 14.2 Å². The van der Waals surface area contributed by atoms with E-state index in [1.807, 2.05) is 43.3 Å². The van der Waals surface area contributed by atoms with Crippen molar-refractivity contribution in [1.29, 1.82) is 0 Å². The number of aryl methyl sites for hydroxylation is 1. The molecule has 0 saturated carbocycles. The van der Waals surface area contributed by atoms with Gasteiger partial charge >= 0.3 is 5.97 Å². The van der Waals surface area contributed by atoms with Gasteiger partial charge in [0.05, 0.1) is 21.2 Å². The topological polar surface area (TPSA) is 47.4 Å². The van der Waals surface area contributed by atoms with Gasteiger partial charge in [-0.25, -0.2) is 4.98 Å². The number of aromatic nitrogens is 2. The lowest BCUT2D eigenvalue weighted by atomic mass is 10.0. The molecule has 0 spiro atoms. The highest BCUT2D eigenvalue weighted by atomic mass is 35.5. The summed E-state index contributed by atoms with van der Waals surface area (Å²) in [7, 11) is 0. The Bertz CT molecular complexity index is 1050. The Hall–Kier alpha value is -2.24. The third-order valence-corrected chi connectivity index (χ3v) is 5.65. The molecule has 1 aromatic heterocycles. The number of ether oxygens (including phenoxy) is 1. The zero-order chi connectivity index (χ0) is 19.8. The third-order valence-electron chi connectivity index (χ3n) is 5.03. The highest BCUT2D eigenvalue weighted by Gasteiger charge is 2.28. The first kappa shape index (κ1) is 19.1. The van der Waals surface area contributed by atoms with Crippen LogP contribution in [0.5, 0.6) is 0 Å². The number of fused-ring (bicyclic) bond motifs is 3. The number of rotatable bonds is 4. The predicted molar refractivity (Wildman–Crippen MR) is 113 cm³/mol. The molecule has 1 atom stereocenters. The molecular formula is C21H21Cl2N3O2. The molecule has 28 heavy (non-hydrogen) atoms. The molecule has 7 heteroatoms. The van der Waals surface area contributed by atoms with Gasteiger partial charge in [0, 0.05) is 25.6 Å². The SMILES string of the molecule is CCC(OC(C)=O)c1ccc(Cl)c2nc3n(c12)CCCN3c1ccccc1Cl. The number of nitrogens with zero attached hydrogens (tertiary/aromatic N) is 3. The van der Waals surface area contributed by atoms with Crippen LogP contribution in [0.3, 0.4) is 0 Å². The van der Waals surface area contributed by atoms with Gasteiger partial charge in [-0.2, -0.15) is 0 Å². The minimum Gasteiger partial charge on any atom is -0.458 e. The molecule has 1 aliphatic heterocycles. The van der Waals surface area contributed by atoms with E-state index in [-0.39, 0.29) is 12.1 Å². The van der Waals surface area contributed by atoms with Crippen molar-refractivity contribution in [3.05, 3.63) is 52.0 Å². The summed E-state index contributed by atoms with van der Waals surface area (Å²) in [5.41, 5.74) is 3.49. The summed E-state index contributed by atoms with van der Waals surface area (Å²) >= 11 is 13.0. The maximum atomic E-state index is 11.6. The van der Waals surface area contributed by atoms with Crippen molar-refractivity contribution in [2.75, 3.05) is 11.4 Å². The zero-order valence-corrected chi connectivity index (χ0v) is 17.3. The molecule has 0 saturated heterocycles. The Kier molecular flexibility index (Phi) is 5.21. The molecule has 0 N–H and O–H groups in total. The van der Waals surface area contributed by atoms with E-state index in [1.165, 1.54) is 6.92 Å². The van der Waals surface area contributed by atoms with Crippen LogP contribution in [0.4, 0.5) is 11.6 Å². The number of carbonyl (C=O) groups is 1. The van der Waals surface area contributed by atoms with Crippen molar-refractivity contribution < 1.29 is 9.53 Å². The van der Waals surface area contributed by atoms with Crippen LogP contribution in [-0.2, 0) is 16.1 Å². The van der Waals surface area contributed by atoms with Gasteiger partial charge in [-0.3, -0.25) is 4.79 Å². The molecule has 3 aromatic rings. The highest BCUT2D eigenvalue weighted by Crippen LogP contribution is 2.40. The van der Waals surface area contributed by atoms with Gasteiger partial charge in [0.1, 0.15) is 11.6 Å².